The second kappa shape index (κ2) is 6.90. The van der Waals surface area contributed by atoms with E-state index in [1.165, 1.54) is 31.3 Å². The second-order valence-electron chi connectivity index (χ2n) is 5.42. The van der Waals surface area contributed by atoms with E-state index in [2.05, 4.69) is 19.6 Å². The van der Waals surface area contributed by atoms with Crippen molar-refractivity contribution in [3.8, 4) is 0 Å². The van der Waals surface area contributed by atoms with Gasteiger partial charge >= 0.3 is 0 Å². The van der Waals surface area contributed by atoms with Crippen LogP contribution in [-0.4, -0.2) is 11.2 Å². The van der Waals surface area contributed by atoms with Gasteiger partial charge < -0.3 is 5.11 Å². The summed E-state index contributed by atoms with van der Waals surface area (Å²) in [4.78, 5) is 0. The highest BCUT2D eigenvalue weighted by molar-refractivity contribution is 5.02. The minimum atomic E-state index is -0.122. The van der Waals surface area contributed by atoms with E-state index in [0.717, 1.165) is 25.2 Å². The zero-order chi connectivity index (χ0) is 12.0. The maximum absolute atomic E-state index is 9.82. The Morgan fingerprint density at radius 3 is 2.88 bits per heavy atom. The molecule has 0 saturated heterocycles. The first-order chi connectivity index (χ1) is 7.58. The average Bonchev–Trinajstić information content (AvgIpc) is 2.25. The number of hydrogen-bond acceptors (Lipinski definition) is 1. The lowest BCUT2D eigenvalue weighted by Gasteiger charge is -2.21. The van der Waals surface area contributed by atoms with Gasteiger partial charge in [0.25, 0.3) is 0 Å². The Morgan fingerprint density at radius 2 is 2.31 bits per heavy atom. The summed E-state index contributed by atoms with van der Waals surface area (Å²) in [5.41, 5.74) is 2.72. The van der Waals surface area contributed by atoms with Gasteiger partial charge in [-0.25, -0.2) is 0 Å². The fourth-order valence-electron chi connectivity index (χ4n) is 2.27. The number of rotatable bonds is 6. The summed E-state index contributed by atoms with van der Waals surface area (Å²) in [6, 6.07) is 0. The molecule has 0 aliphatic heterocycles. The summed E-state index contributed by atoms with van der Waals surface area (Å²) in [5, 5.41) is 9.82. The van der Waals surface area contributed by atoms with Crippen LogP contribution in [0.25, 0.3) is 0 Å². The molecule has 1 N–H and O–H groups in total. The maximum atomic E-state index is 9.82. The molecule has 2 atom stereocenters. The monoisotopic (exact) mass is 222 g/mol. The third kappa shape index (κ3) is 5.50. The van der Waals surface area contributed by atoms with E-state index in [-0.39, 0.29) is 6.10 Å². The minimum absolute atomic E-state index is 0.122. The molecular formula is C15H26O. The first-order valence-electron chi connectivity index (χ1n) is 6.56. The standard InChI is InChI=1S/C15H26O/c1-12(2)4-10-15(16)11-9-14-7-5-13(3)6-8-14/h5,14-16H,1,4,6-11H2,2-3H3. The van der Waals surface area contributed by atoms with Gasteiger partial charge in [-0.3, -0.25) is 0 Å². The molecule has 16 heavy (non-hydrogen) atoms. The first-order valence-corrected chi connectivity index (χ1v) is 6.56. The van der Waals surface area contributed by atoms with Gasteiger partial charge in [-0.1, -0.05) is 17.2 Å². The highest BCUT2D eigenvalue weighted by atomic mass is 16.3. The Hall–Kier alpha value is -0.560. The van der Waals surface area contributed by atoms with Gasteiger partial charge in [0.15, 0.2) is 0 Å². The Morgan fingerprint density at radius 1 is 1.56 bits per heavy atom. The minimum Gasteiger partial charge on any atom is -0.393 e. The lowest BCUT2D eigenvalue weighted by molar-refractivity contribution is 0.144. The molecule has 1 aliphatic rings. The Kier molecular flexibility index (Phi) is 5.83. The van der Waals surface area contributed by atoms with Crippen LogP contribution in [0.5, 0.6) is 0 Å². The molecule has 1 nitrogen and oxygen atoms in total. The largest absolute Gasteiger partial charge is 0.393 e. The smallest absolute Gasteiger partial charge is 0.0543 e. The van der Waals surface area contributed by atoms with Crippen LogP contribution in [-0.2, 0) is 0 Å². The molecule has 1 rings (SSSR count). The second-order valence-corrected chi connectivity index (χ2v) is 5.42. The van der Waals surface area contributed by atoms with Crippen LogP contribution in [0.4, 0.5) is 0 Å². The molecule has 0 fully saturated rings. The molecule has 0 spiro atoms. The molecule has 0 radical (unpaired) electrons. The van der Waals surface area contributed by atoms with Crippen molar-refractivity contribution in [1.29, 1.82) is 0 Å². The number of aliphatic hydroxyl groups is 1. The van der Waals surface area contributed by atoms with Crippen molar-refractivity contribution in [2.24, 2.45) is 5.92 Å². The number of hydrogen-bond donors (Lipinski definition) is 1. The molecule has 1 heteroatoms. The molecular weight excluding hydrogens is 196 g/mol. The van der Waals surface area contributed by atoms with Crippen LogP contribution in [0.1, 0.15) is 58.8 Å². The van der Waals surface area contributed by atoms with Crippen LogP contribution >= 0.6 is 0 Å². The zero-order valence-corrected chi connectivity index (χ0v) is 10.8. The van der Waals surface area contributed by atoms with Crippen molar-refractivity contribution < 1.29 is 5.11 Å². The van der Waals surface area contributed by atoms with Crippen molar-refractivity contribution in [3.05, 3.63) is 23.8 Å². The van der Waals surface area contributed by atoms with E-state index in [4.69, 9.17) is 0 Å². The Balaban J connectivity index is 2.12. The van der Waals surface area contributed by atoms with E-state index < -0.39 is 0 Å². The van der Waals surface area contributed by atoms with Crippen molar-refractivity contribution in [2.75, 3.05) is 0 Å². The highest BCUT2D eigenvalue weighted by Gasteiger charge is 2.14. The van der Waals surface area contributed by atoms with Crippen molar-refractivity contribution in [1.82, 2.24) is 0 Å². The summed E-state index contributed by atoms with van der Waals surface area (Å²) in [6.45, 7) is 8.12. The Bertz CT molecular complexity index is 252. The fourth-order valence-corrected chi connectivity index (χ4v) is 2.27. The van der Waals surface area contributed by atoms with Crippen LogP contribution in [0.15, 0.2) is 23.8 Å². The van der Waals surface area contributed by atoms with E-state index in [9.17, 15) is 5.11 Å². The van der Waals surface area contributed by atoms with Gasteiger partial charge in [0.05, 0.1) is 6.10 Å². The Labute approximate surface area is 100 Å². The van der Waals surface area contributed by atoms with Crippen molar-refractivity contribution in [3.63, 3.8) is 0 Å². The van der Waals surface area contributed by atoms with Crippen LogP contribution in [0.2, 0.25) is 0 Å². The van der Waals surface area contributed by atoms with Crippen LogP contribution in [0.3, 0.4) is 0 Å². The molecule has 92 valence electrons. The zero-order valence-electron chi connectivity index (χ0n) is 10.8. The molecule has 1 aliphatic carbocycles. The predicted molar refractivity (Wildman–Crippen MR) is 70.4 cm³/mol. The highest BCUT2D eigenvalue weighted by Crippen LogP contribution is 2.27. The molecule has 2 unspecified atom stereocenters. The summed E-state index contributed by atoms with van der Waals surface area (Å²) in [7, 11) is 0. The number of aliphatic hydroxyl groups excluding tert-OH is 1. The van der Waals surface area contributed by atoms with Gasteiger partial charge in [-0.05, 0) is 64.7 Å². The molecule has 0 aromatic carbocycles. The molecule has 0 amide bonds. The molecule has 0 aromatic heterocycles. The SMILES string of the molecule is C=C(C)CCC(O)CCC1CC=C(C)CC1. The van der Waals surface area contributed by atoms with Crippen molar-refractivity contribution >= 4 is 0 Å². The fraction of sp³-hybridized carbons (Fsp3) is 0.733. The van der Waals surface area contributed by atoms with Gasteiger partial charge in [0.2, 0.25) is 0 Å². The first kappa shape index (κ1) is 13.5. The molecule has 0 saturated carbocycles. The third-order valence-electron chi connectivity index (χ3n) is 3.56. The van der Waals surface area contributed by atoms with Crippen LogP contribution in [0, 0.1) is 5.92 Å². The average molecular weight is 222 g/mol. The van der Waals surface area contributed by atoms with Gasteiger partial charge in [-0.15, -0.1) is 6.58 Å². The summed E-state index contributed by atoms with van der Waals surface area (Å²) in [5.74, 6) is 0.808. The summed E-state index contributed by atoms with van der Waals surface area (Å²) >= 11 is 0. The summed E-state index contributed by atoms with van der Waals surface area (Å²) in [6.07, 6.45) is 10.0. The normalized spacial score (nSPS) is 22.7. The lowest BCUT2D eigenvalue weighted by Crippen LogP contribution is -2.11. The molecule has 0 aromatic rings. The summed E-state index contributed by atoms with van der Waals surface area (Å²) < 4.78 is 0. The van der Waals surface area contributed by atoms with Gasteiger partial charge in [0.1, 0.15) is 0 Å². The lowest BCUT2D eigenvalue weighted by atomic mass is 9.86. The van der Waals surface area contributed by atoms with E-state index in [0.29, 0.717) is 0 Å². The molecule has 0 bridgehead atoms. The predicted octanol–water partition coefficient (Wildman–Crippen LogP) is 4.23. The van der Waals surface area contributed by atoms with E-state index in [1.807, 2.05) is 6.92 Å². The topological polar surface area (TPSA) is 20.2 Å². The number of allylic oxidation sites excluding steroid dienone is 3. The van der Waals surface area contributed by atoms with Gasteiger partial charge in [0, 0.05) is 0 Å². The van der Waals surface area contributed by atoms with Crippen LogP contribution < -0.4 is 0 Å². The third-order valence-corrected chi connectivity index (χ3v) is 3.56. The molecule has 0 heterocycles. The van der Waals surface area contributed by atoms with E-state index >= 15 is 0 Å². The maximum Gasteiger partial charge on any atom is 0.0543 e. The van der Waals surface area contributed by atoms with Crippen molar-refractivity contribution in [2.45, 2.75) is 64.9 Å². The van der Waals surface area contributed by atoms with Gasteiger partial charge in [-0.2, -0.15) is 0 Å². The van der Waals surface area contributed by atoms with E-state index in [1.54, 1.807) is 5.57 Å². The quantitative estimate of drug-likeness (QED) is 0.667.